The summed E-state index contributed by atoms with van der Waals surface area (Å²) in [4.78, 5) is 20.7. The molecular weight excluding hydrogens is 358 g/mol. The Kier molecular flexibility index (Phi) is 5.05. The van der Waals surface area contributed by atoms with Crippen molar-refractivity contribution in [1.82, 2.24) is 24.8 Å². The molecule has 1 aliphatic rings. The molecule has 4 rings (SSSR count). The molecule has 28 heavy (non-hydrogen) atoms. The van der Waals surface area contributed by atoms with Crippen molar-refractivity contribution in [2.24, 2.45) is 0 Å². The summed E-state index contributed by atoms with van der Waals surface area (Å²) < 4.78 is 6.78. The molecule has 4 heterocycles. The SMILES string of the molecule is CCOC(=O)c1ccc(N2CCCN(c3ccc4nnc(C)n4n3)CC2)nc1. The summed E-state index contributed by atoms with van der Waals surface area (Å²) in [6.45, 7) is 7.52. The predicted octanol–water partition coefficient (Wildman–Crippen LogP) is 1.72. The van der Waals surface area contributed by atoms with Gasteiger partial charge in [-0.05, 0) is 44.5 Å². The van der Waals surface area contributed by atoms with Crippen molar-refractivity contribution >= 4 is 23.3 Å². The number of hydrogen-bond donors (Lipinski definition) is 0. The first-order valence-corrected chi connectivity index (χ1v) is 9.48. The number of carbonyl (C=O) groups is 1. The fraction of sp³-hybridized carbons (Fsp3) is 0.421. The van der Waals surface area contributed by atoms with Crippen molar-refractivity contribution in [2.75, 3.05) is 42.6 Å². The molecule has 0 aromatic carbocycles. The summed E-state index contributed by atoms with van der Waals surface area (Å²) in [5.41, 5.74) is 1.23. The van der Waals surface area contributed by atoms with Crippen LogP contribution in [0.4, 0.5) is 11.6 Å². The third-order valence-corrected chi connectivity index (χ3v) is 4.81. The molecule has 0 amide bonds. The third kappa shape index (κ3) is 3.60. The molecule has 1 saturated heterocycles. The first-order chi connectivity index (χ1) is 13.7. The zero-order valence-electron chi connectivity index (χ0n) is 16.1. The summed E-state index contributed by atoms with van der Waals surface area (Å²) in [5, 5.41) is 12.8. The van der Waals surface area contributed by atoms with Crippen LogP contribution in [0.15, 0.2) is 30.5 Å². The van der Waals surface area contributed by atoms with Gasteiger partial charge in [0.25, 0.3) is 0 Å². The molecule has 0 unspecified atom stereocenters. The van der Waals surface area contributed by atoms with E-state index in [2.05, 4.69) is 30.1 Å². The van der Waals surface area contributed by atoms with Gasteiger partial charge in [0.05, 0.1) is 12.2 Å². The van der Waals surface area contributed by atoms with Gasteiger partial charge in [-0.3, -0.25) is 0 Å². The van der Waals surface area contributed by atoms with E-state index in [0.29, 0.717) is 12.2 Å². The fourth-order valence-electron chi connectivity index (χ4n) is 3.34. The number of ether oxygens (including phenoxy) is 1. The van der Waals surface area contributed by atoms with Gasteiger partial charge in [0, 0.05) is 32.4 Å². The summed E-state index contributed by atoms with van der Waals surface area (Å²) in [6.07, 6.45) is 2.57. The quantitative estimate of drug-likeness (QED) is 0.631. The van der Waals surface area contributed by atoms with E-state index in [0.717, 1.165) is 55.7 Å². The molecule has 0 bridgehead atoms. The maximum absolute atomic E-state index is 11.8. The standard InChI is InChI=1S/C19H23N7O2/c1-3-28-19(27)15-5-6-16(20-13-15)24-9-4-10-25(12-11-24)18-8-7-17-22-21-14(2)26(17)23-18/h5-8,13H,3-4,9-12H2,1-2H3. The summed E-state index contributed by atoms with van der Waals surface area (Å²) in [6, 6.07) is 7.59. The molecule has 3 aromatic heterocycles. The maximum atomic E-state index is 11.8. The van der Waals surface area contributed by atoms with Gasteiger partial charge >= 0.3 is 5.97 Å². The molecule has 3 aromatic rings. The van der Waals surface area contributed by atoms with Gasteiger partial charge in [-0.2, -0.15) is 4.52 Å². The van der Waals surface area contributed by atoms with E-state index in [1.165, 1.54) is 0 Å². The van der Waals surface area contributed by atoms with E-state index in [4.69, 9.17) is 4.74 Å². The van der Waals surface area contributed by atoms with Crippen molar-refractivity contribution < 1.29 is 9.53 Å². The zero-order valence-corrected chi connectivity index (χ0v) is 16.1. The number of rotatable bonds is 4. The molecule has 0 atom stereocenters. The Morgan fingerprint density at radius 2 is 1.79 bits per heavy atom. The second-order valence-corrected chi connectivity index (χ2v) is 6.66. The first-order valence-electron chi connectivity index (χ1n) is 9.48. The van der Waals surface area contributed by atoms with Crippen LogP contribution >= 0.6 is 0 Å². The van der Waals surface area contributed by atoms with E-state index in [9.17, 15) is 4.79 Å². The Morgan fingerprint density at radius 1 is 1.04 bits per heavy atom. The van der Waals surface area contributed by atoms with Gasteiger partial charge in [0.1, 0.15) is 11.6 Å². The molecule has 0 N–H and O–H groups in total. The van der Waals surface area contributed by atoms with E-state index in [1.807, 2.05) is 25.1 Å². The van der Waals surface area contributed by atoms with Crippen LogP contribution in [-0.4, -0.2) is 63.6 Å². The molecule has 0 spiro atoms. The Labute approximate surface area is 162 Å². The van der Waals surface area contributed by atoms with Crippen LogP contribution in [0.25, 0.3) is 5.65 Å². The van der Waals surface area contributed by atoms with Gasteiger partial charge in [-0.15, -0.1) is 15.3 Å². The fourth-order valence-corrected chi connectivity index (χ4v) is 3.34. The number of nitrogens with zero attached hydrogens (tertiary/aromatic N) is 7. The monoisotopic (exact) mass is 381 g/mol. The third-order valence-electron chi connectivity index (χ3n) is 4.81. The normalized spacial score (nSPS) is 14.9. The van der Waals surface area contributed by atoms with Crippen LogP contribution in [0.3, 0.4) is 0 Å². The largest absolute Gasteiger partial charge is 0.462 e. The number of esters is 1. The van der Waals surface area contributed by atoms with Gasteiger partial charge < -0.3 is 14.5 Å². The van der Waals surface area contributed by atoms with Crippen LogP contribution in [0.2, 0.25) is 0 Å². The molecule has 9 nitrogen and oxygen atoms in total. The Morgan fingerprint density at radius 3 is 2.50 bits per heavy atom. The average Bonchev–Trinajstić information content (AvgIpc) is 2.93. The predicted molar refractivity (Wildman–Crippen MR) is 105 cm³/mol. The topological polar surface area (TPSA) is 88.8 Å². The highest BCUT2D eigenvalue weighted by Crippen LogP contribution is 2.18. The van der Waals surface area contributed by atoms with Gasteiger partial charge in [0.2, 0.25) is 0 Å². The van der Waals surface area contributed by atoms with Gasteiger partial charge in [-0.1, -0.05) is 0 Å². The molecular formula is C19H23N7O2. The highest BCUT2D eigenvalue weighted by molar-refractivity contribution is 5.89. The highest BCUT2D eigenvalue weighted by atomic mass is 16.5. The second kappa shape index (κ2) is 7.79. The van der Waals surface area contributed by atoms with Crippen LogP contribution in [-0.2, 0) is 4.74 Å². The summed E-state index contributed by atoms with van der Waals surface area (Å²) in [7, 11) is 0. The lowest BCUT2D eigenvalue weighted by Gasteiger charge is -2.23. The number of carbonyl (C=O) groups excluding carboxylic acids is 1. The van der Waals surface area contributed by atoms with Gasteiger partial charge in [0.15, 0.2) is 11.5 Å². The highest BCUT2D eigenvalue weighted by Gasteiger charge is 2.18. The van der Waals surface area contributed by atoms with Crippen molar-refractivity contribution in [3.8, 4) is 0 Å². The first kappa shape index (κ1) is 18.1. The number of fused-ring (bicyclic) bond motifs is 1. The number of anilines is 2. The molecule has 9 heteroatoms. The molecule has 1 fully saturated rings. The maximum Gasteiger partial charge on any atom is 0.339 e. The molecule has 0 radical (unpaired) electrons. The van der Waals surface area contributed by atoms with Crippen molar-refractivity contribution in [3.63, 3.8) is 0 Å². The van der Waals surface area contributed by atoms with Crippen LogP contribution in [0, 0.1) is 6.92 Å². The molecule has 0 aliphatic carbocycles. The molecule has 0 saturated carbocycles. The Hall–Kier alpha value is -3.23. The number of aromatic nitrogens is 5. The second-order valence-electron chi connectivity index (χ2n) is 6.66. The van der Waals surface area contributed by atoms with E-state index in [1.54, 1.807) is 23.7 Å². The van der Waals surface area contributed by atoms with E-state index >= 15 is 0 Å². The van der Waals surface area contributed by atoms with Crippen molar-refractivity contribution in [1.29, 1.82) is 0 Å². The Balaban J connectivity index is 1.45. The molecule has 1 aliphatic heterocycles. The minimum absolute atomic E-state index is 0.339. The zero-order chi connectivity index (χ0) is 19.5. The van der Waals surface area contributed by atoms with E-state index in [-0.39, 0.29) is 5.97 Å². The van der Waals surface area contributed by atoms with Crippen LogP contribution < -0.4 is 9.80 Å². The van der Waals surface area contributed by atoms with Crippen LogP contribution in [0.5, 0.6) is 0 Å². The van der Waals surface area contributed by atoms with Crippen molar-refractivity contribution in [3.05, 3.63) is 41.9 Å². The van der Waals surface area contributed by atoms with Crippen molar-refractivity contribution in [2.45, 2.75) is 20.3 Å². The lowest BCUT2D eigenvalue weighted by atomic mass is 10.2. The number of pyridine rings is 1. The lowest BCUT2D eigenvalue weighted by Crippen LogP contribution is -2.31. The van der Waals surface area contributed by atoms with E-state index < -0.39 is 0 Å². The summed E-state index contributed by atoms with van der Waals surface area (Å²) >= 11 is 0. The number of aryl methyl sites for hydroxylation is 1. The summed E-state index contributed by atoms with van der Waals surface area (Å²) in [5.74, 6) is 2.23. The minimum Gasteiger partial charge on any atom is -0.462 e. The minimum atomic E-state index is -0.339. The average molecular weight is 381 g/mol. The Bertz CT molecular complexity index is 970. The van der Waals surface area contributed by atoms with Crippen LogP contribution in [0.1, 0.15) is 29.5 Å². The number of hydrogen-bond acceptors (Lipinski definition) is 8. The lowest BCUT2D eigenvalue weighted by molar-refractivity contribution is 0.0526. The molecule has 146 valence electrons. The smallest absolute Gasteiger partial charge is 0.339 e. The van der Waals surface area contributed by atoms with Gasteiger partial charge in [-0.25, -0.2) is 9.78 Å².